The summed E-state index contributed by atoms with van der Waals surface area (Å²) in [7, 11) is -4.21. The Morgan fingerprint density at radius 2 is 1.63 bits per heavy atom. The molecule has 8 heteroatoms. The van der Waals surface area contributed by atoms with E-state index in [0.717, 1.165) is 15.1 Å². The fourth-order valence-corrected chi connectivity index (χ4v) is 5.27. The average molecular weight is 443 g/mol. The number of anilines is 1. The maximum Gasteiger partial charge on any atom is 0.266 e. The molecule has 0 aliphatic carbocycles. The quantitative estimate of drug-likeness (QED) is 0.491. The van der Waals surface area contributed by atoms with Crippen molar-refractivity contribution in [1.29, 1.82) is 0 Å². The second kappa shape index (κ2) is 7.68. The van der Waals surface area contributed by atoms with Crippen molar-refractivity contribution in [2.24, 2.45) is 0 Å². The maximum atomic E-state index is 13.4. The number of carbonyl (C=O) groups excluding carboxylic acids is 1. The van der Waals surface area contributed by atoms with Crippen LogP contribution in [0.2, 0.25) is 10.0 Å². The average Bonchev–Trinajstić information content (AvgIpc) is 2.63. The largest absolute Gasteiger partial charge is 0.279 e. The Kier molecular flexibility index (Phi) is 5.68. The third-order valence-electron chi connectivity index (χ3n) is 4.10. The number of fused-ring (bicyclic) bond motifs is 1. The lowest BCUT2D eigenvalue weighted by molar-refractivity contribution is -0.112. The lowest BCUT2D eigenvalue weighted by atomic mass is 10.1. The van der Waals surface area contributed by atoms with Gasteiger partial charge in [0.2, 0.25) is 5.24 Å². The summed E-state index contributed by atoms with van der Waals surface area (Å²) in [6.45, 7) is 1.42. The molecule has 0 fully saturated rings. The first kappa shape index (κ1) is 20.0. The first-order valence-corrected chi connectivity index (χ1v) is 10.5. The predicted octanol–water partition coefficient (Wildman–Crippen LogP) is 5.50. The van der Waals surface area contributed by atoms with E-state index in [1.807, 2.05) is 24.3 Å². The van der Waals surface area contributed by atoms with E-state index in [2.05, 4.69) is 0 Å². The molecule has 27 heavy (non-hydrogen) atoms. The van der Waals surface area contributed by atoms with Crippen molar-refractivity contribution in [2.75, 3.05) is 4.31 Å². The zero-order chi connectivity index (χ0) is 19.8. The smallest absolute Gasteiger partial charge is 0.266 e. The summed E-state index contributed by atoms with van der Waals surface area (Å²) in [6.07, 6.45) is 0. The minimum atomic E-state index is -4.21. The van der Waals surface area contributed by atoms with Crippen LogP contribution in [-0.4, -0.2) is 19.7 Å². The van der Waals surface area contributed by atoms with Gasteiger partial charge in [-0.2, -0.15) is 0 Å². The van der Waals surface area contributed by atoms with Crippen LogP contribution in [-0.2, 0) is 14.8 Å². The monoisotopic (exact) mass is 441 g/mol. The third-order valence-corrected chi connectivity index (χ3v) is 7.03. The van der Waals surface area contributed by atoms with E-state index < -0.39 is 21.3 Å². The molecule has 0 amide bonds. The van der Waals surface area contributed by atoms with E-state index in [1.165, 1.54) is 25.1 Å². The highest BCUT2D eigenvalue weighted by atomic mass is 35.5. The lowest BCUT2D eigenvalue weighted by Gasteiger charge is -2.29. The molecule has 0 radical (unpaired) electrons. The van der Waals surface area contributed by atoms with Gasteiger partial charge in [-0.25, -0.2) is 8.42 Å². The summed E-state index contributed by atoms with van der Waals surface area (Å²) >= 11 is 17.7. The van der Waals surface area contributed by atoms with Crippen LogP contribution < -0.4 is 4.31 Å². The molecule has 0 N–H and O–H groups in total. The molecule has 0 aliphatic rings. The Morgan fingerprint density at radius 1 is 0.963 bits per heavy atom. The van der Waals surface area contributed by atoms with Crippen molar-refractivity contribution in [1.82, 2.24) is 0 Å². The number of halogens is 3. The van der Waals surface area contributed by atoms with Crippen molar-refractivity contribution >= 4 is 66.5 Å². The summed E-state index contributed by atoms with van der Waals surface area (Å²) in [5.74, 6) is 0. The number of carbonyl (C=O) groups is 1. The third kappa shape index (κ3) is 3.92. The Balaban J connectivity index is 2.24. The molecular formula is C19H14Cl3NO3S. The SMILES string of the molecule is CC(C(=O)Cl)N(c1ccc2ccccc2c1)S(=O)(=O)c1cc(Cl)ccc1Cl. The van der Waals surface area contributed by atoms with Gasteiger partial charge in [-0.1, -0.05) is 53.5 Å². The van der Waals surface area contributed by atoms with Crippen LogP contribution in [0.5, 0.6) is 0 Å². The molecule has 0 aliphatic heterocycles. The molecule has 4 nitrogen and oxygen atoms in total. The van der Waals surface area contributed by atoms with Gasteiger partial charge in [0.25, 0.3) is 10.0 Å². The van der Waals surface area contributed by atoms with Crippen LogP contribution in [0.4, 0.5) is 5.69 Å². The summed E-state index contributed by atoms with van der Waals surface area (Å²) in [4.78, 5) is 11.7. The number of sulfonamides is 1. The topological polar surface area (TPSA) is 54.5 Å². The molecule has 1 unspecified atom stereocenters. The van der Waals surface area contributed by atoms with Gasteiger partial charge in [0.1, 0.15) is 10.9 Å². The minimum Gasteiger partial charge on any atom is -0.279 e. The first-order valence-electron chi connectivity index (χ1n) is 7.89. The number of hydrogen-bond donors (Lipinski definition) is 0. The summed E-state index contributed by atoms with van der Waals surface area (Å²) < 4.78 is 27.7. The van der Waals surface area contributed by atoms with Gasteiger partial charge in [-0.3, -0.25) is 9.10 Å². The van der Waals surface area contributed by atoms with E-state index in [-0.39, 0.29) is 14.9 Å². The number of hydrogen-bond acceptors (Lipinski definition) is 3. The fraction of sp³-hybridized carbons (Fsp3) is 0.105. The fourth-order valence-electron chi connectivity index (χ4n) is 2.76. The summed E-state index contributed by atoms with van der Waals surface area (Å²) in [5, 5.41) is 1.15. The van der Waals surface area contributed by atoms with Gasteiger partial charge < -0.3 is 0 Å². The van der Waals surface area contributed by atoms with Crippen molar-refractivity contribution in [3.8, 4) is 0 Å². The Labute approximate surface area is 172 Å². The van der Waals surface area contributed by atoms with Crippen LogP contribution in [0, 0.1) is 0 Å². The van der Waals surface area contributed by atoms with Crippen molar-refractivity contribution in [2.45, 2.75) is 17.9 Å². The molecule has 0 bridgehead atoms. The highest BCUT2D eigenvalue weighted by Gasteiger charge is 2.34. The van der Waals surface area contributed by atoms with Gasteiger partial charge in [0.15, 0.2) is 0 Å². The second-order valence-corrected chi connectivity index (χ2v) is 8.89. The van der Waals surface area contributed by atoms with Crippen LogP contribution in [0.15, 0.2) is 65.6 Å². The Hall–Kier alpha value is -1.79. The van der Waals surface area contributed by atoms with Crippen LogP contribution >= 0.6 is 34.8 Å². The highest BCUT2D eigenvalue weighted by molar-refractivity contribution is 7.93. The standard InChI is InChI=1S/C19H14Cl3NO3S/c1-12(19(22)24)23(16-8-6-13-4-2-3-5-14(13)10-16)27(25,26)18-11-15(20)7-9-17(18)21/h2-12H,1H3. The molecule has 3 rings (SSSR count). The van der Waals surface area contributed by atoms with Gasteiger partial charge in [-0.15, -0.1) is 0 Å². The van der Waals surface area contributed by atoms with E-state index in [4.69, 9.17) is 34.8 Å². The lowest BCUT2D eigenvalue weighted by Crippen LogP contribution is -2.42. The molecule has 3 aromatic carbocycles. The van der Waals surface area contributed by atoms with Gasteiger partial charge >= 0.3 is 0 Å². The molecule has 0 heterocycles. The molecule has 3 aromatic rings. The van der Waals surface area contributed by atoms with Crippen molar-refractivity contribution in [3.63, 3.8) is 0 Å². The molecule has 0 spiro atoms. The number of rotatable bonds is 5. The normalized spacial score (nSPS) is 12.7. The van der Waals surface area contributed by atoms with Crippen molar-refractivity contribution in [3.05, 3.63) is 70.7 Å². The summed E-state index contributed by atoms with van der Waals surface area (Å²) in [6, 6.07) is 15.5. The van der Waals surface area contributed by atoms with Gasteiger partial charge in [-0.05, 0) is 59.6 Å². The number of benzene rings is 3. The van der Waals surface area contributed by atoms with Gasteiger partial charge in [0, 0.05) is 5.02 Å². The molecule has 1 atom stereocenters. The second-order valence-electron chi connectivity index (χ2n) is 5.89. The Morgan fingerprint density at radius 3 is 2.30 bits per heavy atom. The maximum absolute atomic E-state index is 13.4. The van der Waals surface area contributed by atoms with Crippen LogP contribution in [0.1, 0.15) is 6.92 Å². The minimum absolute atomic E-state index is 0.000546. The summed E-state index contributed by atoms with van der Waals surface area (Å²) in [5.41, 5.74) is 0.297. The zero-order valence-electron chi connectivity index (χ0n) is 14.1. The van der Waals surface area contributed by atoms with Gasteiger partial charge in [0.05, 0.1) is 10.7 Å². The molecule has 0 saturated carbocycles. The van der Waals surface area contributed by atoms with E-state index in [9.17, 15) is 13.2 Å². The molecule has 140 valence electrons. The zero-order valence-corrected chi connectivity index (χ0v) is 17.1. The van der Waals surface area contributed by atoms with E-state index in [1.54, 1.807) is 18.2 Å². The Bertz CT molecular complexity index is 1130. The molecular weight excluding hydrogens is 429 g/mol. The highest BCUT2D eigenvalue weighted by Crippen LogP contribution is 2.33. The predicted molar refractivity (Wildman–Crippen MR) is 110 cm³/mol. The molecule has 0 aromatic heterocycles. The first-order chi connectivity index (χ1) is 12.7. The van der Waals surface area contributed by atoms with Crippen LogP contribution in [0.3, 0.4) is 0 Å². The van der Waals surface area contributed by atoms with E-state index in [0.29, 0.717) is 5.69 Å². The van der Waals surface area contributed by atoms with Crippen LogP contribution in [0.25, 0.3) is 10.8 Å². The van der Waals surface area contributed by atoms with E-state index >= 15 is 0 Å². The number of nitrogens with zero attached hydrogens (tertiary/aromatic N) is 1. The molecule has 0 saturated heterocycles. The van der Waals surface area contributed by atoms with Crippen molar-refractivity contribution < 1.29 is 13.2 Å².